The van der Waals surface area contributed by atoms with Crippen molar-refractivity contribution in [2.75, 3.05) is 5.32 Å². The Morgan fingerprint density at radius 2 is 1.68 bits per heavy atom. The third-order valence-electron chi connectivity index (χ3n) is 4.18. The molecule has 3 aromatic rings. The normalized spacial score (nSPS) is 10.6. The van der Waals surface area contributed by atoms with Crippen molar-refractivity contribution in [3.05, 3.63) is 95.1 Å². The van der Waals surface area contributed by atoms with Crippen molar-refractivity contribution in [3.63, 3.8) is 0 Å². The van der Waals surface area contributed by atoms with Crippen LogP contribution >= 0.6 is 12.2 Å². The summed E-state index contributed by atoms with van der Waals surface area (Å²) in [7, 11) is 0. The van der Waals surface area contributed by atoms with Gasteiger partial charge in [0.1, 0.15) is 12.4 Å². The molecule has 0 aromatic heterocycles. The van der Waals surface area contributed by atoms with E-state index < -0.39 is 0 Å². The molecule has 0 fully saturated rings. The molecule has 0 radical (unpaired) electrons. The van der Waals surface area contributed by atoms with Crippen LogP contribution in [0, 0.1) is 13.8 Å². The van der Waals surface area contributed by atoms with Gasteiger partial charge in [-0.05, 0) is 73.1 Å². The fourth-order valence-corrected chi connectivity index (χ4v) is 2.69. The molecule has 0 heterocycles. The minimum atomic E-state index is 0.448. The molecule has 0 amide bonds. The number of nitrogens with one attached hydrogen (secondary N) is 2. The lowest BCUT2D eigenvalue weighted by Gasteiger charge is -2.09. The fourth-order valence-electron chi connectivity index (χ4n) is 2.53. The Hall–Kier alpha value is -3.18. The zero-order valence-electron chi connectivity index (χ0n) is 16.0. The molecule has 142 valence electrons. The van der Waals surface area contributed by atoms with Gasteiger partial charge in [-0.2, -0.15) is 5.10 Å². The highest BCUT2D eigenvalue weighted by atomic mass is 32.1. The van der Waals surface area contributed by atoms with Crippen LogP contribution in [-0.4, -0.2) is 11.3 Å². The van der Waals surface area contributed by atoms with Crippen molar-refractivity contribution in [1.29, 1.82) is 0 Å². The number of nitrogens with zero attached hydrogens (tertiary/aromatic N) is 1. The van der Waals surface area contributed by atoms with Gasteiger partial charge in [0.15, 0.2) is 5.11 Å². The number of benzene rings is 3. The molecule has 0 spiro atoms. The Morgan fingerprint density at radius 1 is 0.964 bits per heavy atom. The van der Waals surface area contributed by atoms with Gasteiger partial charge in [-0.15, -0.1) is 0 Å². The largest absolute Gasteiger partial charge is 0.489 e. The van der Waals surface area contributed by atoms with Gasteiger partial charge in [0.05, 0.1) is 6.21 Å². The second-order valence-electron chi connectivity index (χ2n) is 6.48. The molecular weight excluding hydrogens is 366 g/mol. The van der Waals surface area contributed by atoms with E-state index in [1.54, 1.807) is 6.21 Å². The van der Waals surface area contributed by atoms with Crippen molar-refractivity contribution in [1.82, 2.24) is 5.43 Å². The number of ether oxygens (including phenoxy) is 1. The predicted octanol–water partition coefficient (Wildman–Crippen LogP) is 5.20. The lowest BCUT2D eigenvalue weighted by atomic mass is 10.2. The molecule has 0 aliphatic heterocycles. The van der Waals surface area contributed by atoms with E-state index >= 15 is 0 Å². The monoisotopic (exact) mass is 389 g/mol. The van der Waals surface area contributed by atoms with Crippen LogP contribution < -0.4 is 15.5 Å². The van der Waals surface area contributed by atoms with E-state index in [-0.39, 0.29) is 0 Å². The van der Waals surface area contributed by atoms with Crippen molar-refractivity contribution in [3.8, 4) is 5.75 Å². The lowest BCUT2D eigenvalue weighted by Crippen LogP contribution is -2.24. The minimum absolute atomic E-state index is 0.448. The van der Waals surface area contributed by atoms with Gasteiger partial charge in [0, 0.05) is 5.69 Å². The van der Waals surface area contributed by atoms with Gasteiger partial charge in [-0.1, -0.05) is 48.0 Å². The molecule has 0 unspecified atom stereocenters. The van der Waals surface area contributed by atoms with Crippen LogP contribution in [0.25, 0.3) is 0 Å². The fraction of sp³-hybridized carbons (Fsp3) is 0.130. The van der Waals surface area contributed by atoms with Crippen LogP contribution in [0.3, 0.4) is 0 Å². The highest BCUT2D eigenvalue weighted by molar-refractivity contribution is 7.80. The first-order chi connectivity index (χ1) is 13.6. The SMILES string of the molecule is Cc1ccc(COc2ccc(/C=N\NC(=S)Nc3ccccc3C)cc2)cc1. The lowest BCUT2D eigenvalue weighted by molar-refractivity contribution is 0.306. The Balaban J connectivity index is 1.47. The molecule has 0 atom stereocenters. The van der Waals surface area contributed by atoms with Crippen LogP contribution in [0.1, 0.15) is 22.3 Å². The highest BCUT2D eigenvalue weighted by Gasteiger charge is 1.99. The van der Waals surface area contributed by atoms with E-state index in [1.165, 1.54) is 5.56 Å². The minimum Gasteiger partial charge on any atom is -0.489 e. The first-order valence-corrected chi connectivity index (χ1v) is 9.45. The molecule has 0 aliphatic rings. The van der Waals surface area contributed by atoms with Gasteiger partial charge >= 0.3 is 0 Å². The molecule has 0 saturated carbocycles. The summed E-state index contributed by atoms with van der Waals surface area (Å²) in [5.74, 6) is 0.822. The highest BCUT2D eigenvalue weighted by Crippen LogP contribution is 2.14. The number of rotatable bonds is 6. The van der Waals surface area contributed by atoms with E-state index in [0.29, 0.717) is 11.7 Å². The van der Waals surface area contributed by atoms with Crippen LogP contribution in [0.5, 0.6) is 5.75 Å². The van der Waals surface area contributed by atoms with Crippen molar-refractivity contribution in [2.24, 2.45) is 5.10 Å². The van der Waals surface area contributed by atoms with E-state index in [1.807, 2.05) is 55.5 Å². The predicted molar refractivity (Wildman–Crippen MR) is 120 cm³/mol. The molecule has 2 N–H and O–H groups in total. The maximum absolute atomic E-state index is 5.82. The summed E-state index contributed by atoms with van der Waals surface area (Å²) in [4.78, 5) is 0. The van der Waals surface area contributed by atoms with E-state index in [9.17, 15) is 0 Å². The maximum Gasteiger partial charge on any atom is 0.191 e. The third kappa shape index (κ3) is 5.93. The van der Waals surface area contributed by atoms with Crippen LogP contribution in [0.4, 0.5) is 5.69 Å². The Bertz CT molecular complexity index is 950. The standard InChI is InChI=1S/C23H23N3OS/c1-17-7-9-20(10-8-17)16-27-21-13-11-19(12-14-21)15-24-26-23(28)25-22-6-4-3-5-18(22)2/h3-15H,16H2,1-2H3,(H2,25,26,28)/b24-15-. The number of thiocarbonyl (C=S) groups is 1. The first kappa shape index (κ1) is 19.6. The summed E-state index contributed by atoms with van der Waals surface area (Å²) in [5, 5.41) is 7.75. The number of hydrogen-bond donors (Lipinski definition) is 2. The smallest absolute Gasteiger partial charge is 0.191 e. The van der Waals surface area contributed by atoms with Crippen LogP contribution in [0.2, 0.25) is 0 Å². The first-order valence-electron chi connectivity index (χ1n) is 9.04. The number of anilines is 1. The topological polar surface area (TPSA) is 45.6 Å². The quantitative estimate of drug-likeness (QED) is 0.345. The van der Waals surface area contributed by atoms with Gasteiger partial charge < -0.3 is 10.1 Å². The molecule has 0 bridgehead atoms. The van der Waals surface area contributed by atoms with Crippen LogP contribution in [0.15, 0.2) is 77.9 Å². The summed E-state index contributed by atoms with van der Waals surface area (Å²) in [6.45, 7) is 4.65. The summed E-state index contributed by atoms with van der Waals surface area (Å²) in [6, 6.07) is 24.0. The molecule has 0 saturated heterocycles. The molecule has 4 nitrogen and oxygen atoms in total. The Kier molecular flexibility index (Phi) is 6.76. The molecule has 28 heavy (non-hydrogen) atoms. The maximum atomic E-state index is 5.82. The second-order valence-corrected chi connectivity index (χ2v) is 6.89. The van der Waals surface area contributed by atoms with E-state index in [2.05, 4.69) is 47.0 Å². The summed E-state index contributed by atoms with van der Waals surface area (Å²) in [6.07, 6.45) is 1.72. The van der Waals surface area contributed by atoms with Crippen molar-refractivity contribution < 1.29 is 4.74 Å². The molecule has 5 heteroatoms. The van der Waals surface area contributed by atoms with Crippen LogP contribution in [-0.2, 0) is 6.61 Å². The van der Waals surface area contributed by atoms with Crippen molar-refractivity contribution in [2.45, 2.75) is 20.5 Å². The zero-order chi connectivity index (χ0) is 19.8. The van der Waals surface area contributed by atoms with Gasteiger partial charge in [-0.3, -0.25) is 5.43 Å². The summed E-state index contributed by atoms with van der Waals surface area (Å²) < 4.78 is 5.82. The molecule has 3 rings (SSSR count). The summed E-state index contributed by atoms with van der Waals surface area (Å²) >= 11 is 5.26. The second kappa shape index (κ2) is 9.67. The van der Waals surface area contributed by atoms with E-state index in [0.717, 1.165) is 28.1 Å². The number of aryl methyl sites for hydroxylation is 2. The average Bonchev–Trinajstić information content (AvgIpc) is 2.70. The van der Waals surface area contributed by atoms with Gasteiger partial charge in [-0.25, -0.2) is 0 Å². The van der Waals surface area contributed by atoms with Crippen molar-refractivity contribution >= 4 is 29.2 Å². The third-order valence-corrected chi connectivity index (χ3v) is 4.37. The Labute approximate surface area is 171 Å². The summed E-state index contributed by atoms with van der Waals surface area (Å²) in [5.41, 5.74) is 8.26. The zero-order valence-corrected chi connectivity index (χ0v) is 16.8. The number of hydrogen-bond acceptors (Lipinski definition) is 3. The molecule has 3 aromatic carbocycles. The van der Waals surface area contributed by atoms with Gasteiger partial charge in [0.25, 0.3) is 0 Å². The molecular formula is C23H23N3OS. The number of para-hydroxylation sites is 1. The van der Waals surface area contributed by atoms with Gasteiger partial charge in [0.2, 0.25) is 0 Å². The number of hydrazone groups is 1. The van der Waals surface area contributed by atoms with E-state index in [4.69, 9.17) is 17.0 Å². The average molecular weight is 390 g/mol. The molecule has 0 aliphatic carbocycles. The Morgan fingerprint density at radius 3 is 2.39 bits per heavy atom.